The third-order valence-electron chi connectivity index (χ3n) is 10.9. The Hall–Kier alpha value is -5.89. The first-order valence-corrected chi connectivity index (χ1v) is 19.1. The molecule has 0 heterocycles. The molecule has 1 heteroatoms. The van der Waals surface area contributed by atoms with Gasteiger partial charge in [-0.25, -0.2) is 0 Å². The summed E-state index contributed by atoms with van der Waals surface area (Å²) in [5.74, 6) is 0.152. The molecule has 0 saturated carbocycles. The summed E-state index contributed by atoms with van der Waals surface area (Å²) in [4.78, 5) is 1.47. The van der Waals surface area contributed by atoms with Gasteiger partial charge in [-0.3, -0.25) is 0 Å². The van der Waals surface area contributed by atoms with Gasteiger partial charge in [-0.2, -0.15) is 0 Å². The van der Waals surface area contributed by atoms with Gasteiger partial charge in [0.2, 0.25) is 0 Å². The van der Waals surface area contributed by atoms with E-state index in [1.165, 1.54) is 91.3 Å². The zero-order valence-electron chi connectivity index (χ0n) is 27.9. The van der Waals surface area contributed by atoms with Gasteiger partial charge in [0, 0.05) is 5.92 Å². The molecule has 0 aliphatic heterocycles. The summed E-state index contributed by atoms with van der Waals surface area (Å²) in [5, 5.41) is 12.0. The molecule has 0 saturated heterocycles. The third kappa shape index (κ3) is 4.47. The first-order valence-electron chi connectivity index (χ1n) is 17.6. The molecule has 0 amide bonds. The van der Waals surface area contributed by atoms with E-state index >= 15 is 0 Å². The maximum atomic E-state index is 2.49. The van der Waals surface area contributed by atoms with E-state index < -0.39 is 8.41 Å². The van der Waals surface area contributed by atoms with Gasteiger partial charge >= 0.3 is 0 Å². The molecule has 10 rings (SSSR count). The Kier molecular flexibility index (Phi) is 6.75. The van der Waals surface area contributed by atoms with Crippen LogP contribution in [-0.2, 0) is 0 Å². The zero-order chi connectivity index (χ0) is 33.2. The van der Waals surface area contributed by atoms with Crippen molar-refractivity contribution in [2.75, 3.05) is 0 Å². The summed E-state index contributed by atoms with van der Waals surface area (Å²) in [7, 11) is -1.34. The van der Waals surface area contributed by atoms with Crippen molar-refractivity contribution in [3.05, 3.63) is 218 Å². The summed E-state index contributed by atoms with van der Waals surface area (Å²) in [6, 6.07) is 63.4. The van der Waals surface area contributed by atoms with Crippen molar-refractivity contribution in [2.24, 2.45) is 0 Å². The average Bonchev–Trinajstić information content (AvgIpc) is 3.72. The second-order valence-corrected chi connectivity index (χ2v) is 16.1. The molecule has 0 spiro atoms. The fourth-order valence-corrected chi connectivity index (χ4v) is 11.5. The smallest absolute Gasteiger partial charge is 0.0623 e. The van der Waals surface area contributed by atoms with E-state index in [4.69, 9.17) is 0 Å². The normalized spacial score (nSPS) is 14.2. The highest BCUT2D eigenvalue weighted by Gasteiger charge is 2.30. The lowest BCUT2D eigenvalue weighted by Gasteiger charge is -2.22. The summed E-state index contributed by atoms with van der Waals surface area (Å²) >= 11 is 0. The molecule has 1 atom stereocenters. The van der Waals surface area contributed by atoms with Gasteiger partial charge in [-0.05, 0) is 105 Å². The summed E-state index contributed by atoms with van der Waals surface area (Å²) < 4.78 is 0. The molecular formula is C49H34Si. The van der Waals surface area contributed by atoms with Gasteiger partial charge < -0.3 is 0 Å². The van der Waals surface area contributed by atoms with Crippen molar-refractivity contribution in [2.45, 2.75) is 12.8 Å². The third-order valence-corrected chi connectivity index (χ3v) is 13.7. The van der Waals surface area contributed by atoms with Crippen LogP contribution in [0.1, 0.15) is 35.1 Å². The van der Waals surface area contributed by atoms with E-state index in [9.17, 15) is 0 Å². The Bertz CT molecular complexity index is 2880. The lowest BCUT2D eigenvalue weighted by atomic mass is 9.84. The molecule has 1 unspecified atom stereocenters. The molecule has 8 aromatic carbocycles. The van der Waals surface area contributed by atoms with Gasteiger partial charge in [0.1, 0.15) is 0 Å². The molecule has 2 aliphatic rings. The Balaban J connectivity index is 1.31. The van der Waals surface area contributed by atoms with Crippen LogP contribution in [0.25, 0.3) is 44.8 Å². The van der Waals surface area contributed by atoms with Gasteiger partial charge in [0.15, 0.2) is 0 Å². The second-order valence-electron chi connectivity index (χ2n) is 13.6. The van der Waals surface area contributed by atoms with Crippen LogP contribution >= 0.6 is 0 Å². The standard InChI is InChI=1S/C49H34Si/c1-32-29-44-41(45-30-33-15-8-10-21-37(33)39-23-12-13-24-40(39)45)25-14-26-43(44)48(32)49-46-31-34-16-9-11-22-38(34)42(46)27-28-47(49)50(35-17-4-2-5-18-35)36-19-6-3-7-20-36/h2-31,48H,1H3. The number of allylic oxidation sites excluding steroid dienone is 1. The molecular weight excluding hydrogens is 617 g/mol. The zero-order valence-corrected chi connectivity index (χ0v) is 28.9. The number of hydrogen-bond acceptors (Lipinski definition) is 0. The maximum Gasteiger partial charge on any atom is 0.0880 e. The Morgan fingerprint density at radius 2 is 1.12 bits per heavy atom. The van der Waals surface area contributed by atoms with Crippen LogP contribution < -0.4 is 15.6 Å². The van der Waals surface area contributed by atoms with E-state index in [-0.39, 0.29) is 5.92 Å². The van der Waals surface area contributed by atoms with Crippen molar-refractivity contribution >= 4 is 52.5 Å². The fourth-order valence-electron chi connectivity index (χ4n) is 8.71. The maximum absolute atomic E-state index is 2.49. The van der Waals surface area contributed by atoms with E-state index in [1.54, 1.807) is 0 Å². The van der Waals surface area contributed by atoms with Crippen LogP contribution in [0.5, 0.6) is 0 Å². The van der Waals surface area contributed by atoms with E-state index in [2.05, 4.69) is 189 Å². The Labute approximate surface area is 293 Å². The lowest BCUT2D eigenvalue weighted by Crippen LogP contribution is -2.35. The molecule has 8 aromatic rings. The van der Waals surface area contributed by atoms with Crippen molar-refractivity contribution < 1.29 is 0 Å². The van der Waals surface area contributed by atoms with Crippen molar-refractivity contribution in [3.8, 4) is 11.1 Å². The van der Waals surface area contributed by atoms with Gasteiger partial charge in [-0.1, -0.05) is 175 Å². The van der Waals surface area contributed by atoms with E-state index in [0.717, 1.165) is 0 Å². The molecule has 2 aliphatic carbocycles. The second kappa shape index (κ2) is 11.6. The monoisotopic (exact) mass is 650 g/mol. The number of hydrogen-bond donors (Lipinski definition) is 0. The molecule has 0 fully saturated rings. The SMILES string of the molecule is CC1=Cc2c(-c3cc4ccccc4c4ccccc34)cccc2C1c1c2c(ccc1=[Si](c1ccccc1)c1ccccc1)=c1ccccc1=C2. The highest BCUT2D eigenvalue weighted by molar-refractivity contribution is 6.78. The van der Waals surface area contributed by atoms with Crippen LogP contribution in [0.2, 0.25) is 0 Å². The molecule has 234 valence electrons. The largest absolute Gasteiger partial charge is 0.0880 e. The number of fused-ring (bicyclic) bond motifs is 6. The topological polar surface area (TPSA) is 0 Å². The minimum absolute atomic E-state index is 0.152. The van der Waals surface area contributed by atoms with Crippen molar-refractivity contribution in [1.82, 2.24) is 0 Å². The molecule has 0 bridgehead atoms. The van der Waals surface area contributed by atoms with Crippen molar-refractivity contribution in [3.63, 3.8) is 0 Å². The molecule has 0 nitrogen and oxygen atoms in total. The van der Waals surface area contributed by atoms with Crippen LogP contribution in [0, 0.1) is 15.3 Å². The highest BCUT2D eigenvalue weighted by atomic mass is 28.2. The van der Waals surface area contributed by atoms with Gasteiger partial charge in [0.05, 0.1) is 8.41 Å². The fraction of sp³-hybridized carbons (Fsp3) is 0.0408. The quantitative estimate of drug-likeness (QED) is 0.131. The average molecular weight is 651 g/mol. The number of benzene rings is 8. The Morgan fingerprint density at radius 3 is 1.90 bits per heavy atom. The molecule has 0 radical (unpaired) electrons. The van der Waals surface area contributed by atoms with Crippen molar-refractivity contribution in [1.29, 1.82) is 0 Å². The van der Waals surface area contributed by atoms with Gasteiger partial charge in [-0.15, -0.1) is 0 Å². The van der Waals surface area contributed by atoms with Gasteiger partial charge in [0.25, 0.3) is 0 Å². The molecule has 0 N–H and O–H groups in total. The van der Waals surface area contributed by atoms with E-state index in [1.807, 2.05) is 0 Å². The Morgan fingerprint density at radius 1 is 0.460 bits per heavy atom. The summed E-state index contributed by atoms with van der Waals surface area (Å²) in [6.45, 7) is 2.36. The predicted octanol–water partition coefficient (Wildman–Crippen LogP) is 9.78. The van der Waals surface area contributed by atoms with Crippen LogP contribution in [0.15, 0.2) is 175 Å². The van der Waals surface area contributed by atoms with Crippen LogP contribution in [0.3, 0.4) is 0 Å². The predicted molar refractivity (Wildman–Crippen MR) is 213 cm³/mol. The summed E-state index contributed by atoms with van der Waals surface area (Å²) in [6.07, 6.45) is 4.95. The number of rotatable bonds is 4. The summed E-state index contributed by atoms with van der Waals surface area (Å²) in [5.41, 5.74) is 9.61. The minimum atomic E-state index is -1.34. The molecule has 0 aromatic heterocycles. The van der Waals surface area contributed by atoms with E-state index in [0.29, 0.717) is 0 Å². The van der Waals surface area contributed by atoms with Crippen LogP contribution in [-0.4, -0.2) is 8.41 Å². The first-order chi connectivity index (χ1) is 24.7. The highest BCUT2D eigenvalue weighted by Crippen LogP contribution is 2.47. The van der Waals surface area contributed by atoms with Crippen LogP contribution in [0.4, 0.5) is 0 Å². The minimum Gasteiger partial charge on any atom is -0.0623 e. The lowest BCUT2D eigenvalue weighted by molar-refractivity contribution is 0.966. The molecule has 50 heavy (non-hydrogen) atoms. The first kappa shape index (κ1) is 29.1.